The second-order valence-electron chi connectivity index (χ2n) is 7.90. The SMILES string of the molecule is Cc1cc(-c2ncc(CC(=O)Nc3ccc(OC(=O)N4CCNCC4)cn3)cc2C)ccn1. The fourth-order valence-electron chi connectivity index (χ4n) is 3.62. The van der Waals surface area contributed by atoms with E-state index < -0.39 is 6.09 Å². The predicted octanol–water partition coefficient (Wildman–Crippen LogP) is 2.74. The topological polar surface area (TPSA) is 109 Å². The third-order valence-electron chi connectivity index (χ3n) is 5.25. The third kappa shape index (κ3) is 5.89. The zero-order valence-electron chi connectivity index (χ0n) is 18.7. The first kappa shape index (κ1) is 22.3. The number of aromatic nitrogens is 3. The van der Waals surface area contributed by atoms with Gasteiger partial charge in [-0.05, 0) is 49.2 Å². The quantitative estimate of drug-likeness (QED) is 0.620. The van der Waals surface area contributed by atoms with Gasteiger partial charge in [-0.3, -0.25) is 14.8 Å². The lowest BCUT2D eigenvalue weighted by atomic mass is 10.0. The lowest BCUT2D eigenvalue weighted by Crippen LogP contribution is -2.47. The Labute approximate surface area is 192 Å². The number of anilines is 1. The first-order chi connectivity index (χ1) is 16.0. The summed E-state index contributed by atoms with van der Waals surface area (Å²) in [5.41, 5.74) is 4.59. The Morgan fingerprint density at radius 3 is 2.58 bits per heavy atom. The Bertz CT molecular complexity index is 1140. The molecule has 1 aliphatic heterocycles. The molecule has 0 aromatic carbocycles. The highest BCUT2D eigenvalue weighted by Gasteiger charge is 2.18. The number of amides is 2. The van der Waals surface area contributed by atoms with Crippen molar-refractivity contribution < 1.29 is 14.3 Å². The highest BCUT2D eigenvalue weighted by atomic mass is 16.6. The van der Waals surface area contributed by atoms with Crippen molar-refractivity contribution in [3.8, 4) is 17.0 Å². The van der Waals surface area contributed by atoms with Crippen molar-refractivity contribution in [1.29, 1.82) is 0 Å². The number of nitrogens with zero attached hydrogens (tertiary/aromatic N) is 4. The molecule has 1 fully saturated rings. The van der Waals surface area contributed by atoms with Crippen molar-refractivity contribution in [3.63, 3.8) is 0 Å². The van der Waals surface area contributed by atoms with Crippen molar-refractivity contribution in [1.82, 2.24) is 25.2 Å². The average molecular weight is 447 g/mol. The average Bonchev–Trinajstić information content (AvgIpc) is 2.81. The van der Waals surface area contributed by atoms with Gasteiger partial charge < -0.3 is 20.3 Å². The van der Waals surface area contributed by atoms with Gasteiger partial charge in [0.2, 0.25) is 5.91 Å². The second-order valence-corrected chi connectivity index (χ2v) is 7.90. The summed E-state index contributed by atoms with van der Waals surface area (Å²) in [6, 6.07) is 9.09. The van der Waals surface area contributed by atoms with Crippen molar-refractivity contribution in [2.45, 2.75) is 20.3 Å². The van der Waals surface area contributed by atoms with Gasteiger partial charge >= 0.3 is 6.09 Å². The van der Waals surface area contributed by atoms with E-state index in [0.717, 1.165) is 41.2 Å². The normalized spacial score (nSPS) is 13.5. The number of aryl methyl sites for hydroxylation is 2. The monoisotopic (exact) mass is 446 g/mol. The lowest BCUT2D eigenvalue weighted by Gasteiger charge is -2.26. The molecule has 0 aliphatic carbocycles. The predicted molar refractivity (Wildman–Crippen MR) is 124 cm³/mol. The van der Waals surface area contributed by atoms with E-state index in [4.69, 9.17) is 4.74 Å². The van der Waals surface area contributed by atoms with Crippen LogP contribution >= 0.6 is 0 Å². The third-order valence-corrected chi connectivity index (χ3v) is 5.25. The zero-order chi connectivity index (χ0) is 23.2. The fourth-order valence-corrected chi connectivity index (χ4v) is 3.62. The molecule has 0 unspecified atom stereocenters. The summed E-state index contributed by atoms with van der Waals surface area (Å²) in [6.07, 6.45) is 4.67. The van der Waals surface area contributed by atoms with Crippen LogP contribution in [-0.2, 0) is 11.2 Å². The maximum Gasteiger partial charge on any atom is 0.415 e. The first-order valence-corrected chi connectivity index (χ1v) is 10.8. The Kier molecular flexibility index (Phi) is 6.89. The molecule has 1 saturated heterocycles. The van der Waals surface area contributed by atoms with Crippen LogP contribution in [0.5, 0.6) is 5.75 Å². The summed E-state index contributed by atoms with van der Waals surface area (Å²) in [6.45, 7) is 6.63. The molecular weight excluding hydrogens is 420 g/mol. The van der Waals surface area contributed by atoms with Crippen LogP contribution in [0.2, 0.25) is 0 Å². The number of piperazine rings is 1. The summed E-state index contributed by atoms with van der Waals surface area (Å²) < 4.78 is 5.35. The van der Waals surface area contributed by atoms with E-state index in [1.54, 1.807) is 29.4 Å². The van der Waals surface area contributed by atoms with E-state index in [1.165, 1.54) is 6.20 Å². The molecule has 4 rings (SSSR count). The van der Waals surface area contributed by atoms with Gasteiger partial charge in [0, 0.05) is 49.8 Å². The first-order valence-electron chi connectivity index (χ1n) is 10.8. The molecule has 0 spiro atoms. The van der Waals surface area contributed by atoms with Gasteiger partial charge in [-0.1, -0.05) is 6.07 Å². The highest BCUT2D eigenvalue weighted by Crippen LogP contribution is 2.22. The van der Waals surface area contributed by atoms with Crippen molar-refractivity contribution in [3.05, 3.63) is 65.7 Å². The van der Waals surface area contributed by atoms with Crippen LogP contribution in [-0.4, -0.2) is 58.0 Å². The van der Waals surface area contributed by atoms with Crippen molar-refractivity contribution in [2.24, 2.45) is 0 Å². The molecule has 33 heavy (non-hydrogen) atoms. The molecule has 0 saturated carbocycles. The number of ether oxygens (including phenoxy) is 1. The molecule has 0 atom stereocenters. The van der Waals surface area contributed by atoms with Crippen LogP contribution in [0.1, 0.15) is 16.8 Å². The number of carbonyl (C=O) groups excluding carboxylic acids is 2. The molecule has 3 aromatic rings. The number of pyridine rings is 3. The number of rotatable bonds is 5. The maximum absolute atomic E-state index is 12.5. The molecule has 0 radical (unpaired) electrons. The lowest BCUT2D eigenvalue weighted by molar-refractivity contribution is -0.115. The van der Waals surface area contributed by atoms with Gasteiger partial charge in [0.15, 0.2) is 5.75 Å². The number of carbonyl (C=O) groups is 2. The minimum atomic E-state index is -0.400. The van der Waals surface area contributed by atoms with Crippen molar-refractivity contribution >= 4 is 17.8 Å². The highest BCUT2D eigenvalue weighted by molar-refractivity contribution is 5.91. The van der Waals surface area contributed by atoms with E-state index in [1.807, 2.05) is 32.0 Å². The second kappa shape index (κ2) is 10.2. The van der Waals surface area contributed by atoms with Gasteiger partial charge in [0.25, 0.3) is 0 Å². The standard InChI is InChI=1S/C24H26N6O3/c1-16-11-18(14-28-23(16)19-5-6-26-17(2)12-19)13-22(31)29-21-4-3-20(15-27-21)33-24(32)30-9-7-25-8-10-30/h3-6,11-12,14-15,25H,7-10,13H2,1-2H3,(H,27,29,31). The zero-order valence-corrected chi connectivity index (χ0v) is 18.7. The van der Waals surface area contributed by atoms with Crippen LogP contribution in [0.4, 0.5) is 10.6 Å². The molecule has 4 heterocycles. The Balaban J connectivity index is 1.33. The summed E-state index contributed by atoms with van der Waals surface area (Å²) in [7, 11) is 0. The minimum Gasteiger partial charge on any atom is -0.409 e. The smallest absolute Gasteiger partial charge is 0.409 e. The minimum absolute atomic E-state index is 0.172. The van der Waals surface area contributed by atoms with Gasteiger partial charge in [-0.2, -0.15) is 0 Å². The molecule has 3 aromatic heterocycles. The van der Waals surface area contributed by atoms with Gasteiger partial charge in [-0.25, -0.2) is 9.78 Å². The summed E-state index contributed by atoms with van der Waals surface area (Å²) in [5.74, 6) is 0.510. The molecule has 1 aliphatic rings. The molecule has 9 nitrogen and oxygen atoms in total. The van der Waals surface area contributed by atoms with Gasteiger partial charge in [-0.15, -0.1) is 0 Å². The largest absolute Gasteiger partial charge is 0.415 e. The maximum atomic E-state index is 12.5. The summed E-state index contributed by atoms with van der Waals surface area (Å²) in [4.78, 5) is 39.2. The fraction of sp³-hybridized carbons (Fsp3) is 0.292. The molecule has 2 amide bonds. The van der Waals surface area contributed by atoms with Crippen LogP contribution in [0, 0.1) is 13.8 Å². The molecular formula is C24H26N6O3. The van der Waals surface area contributed by atoms with E-state index in [2.05, 4.69) is 25.6 Å². The van der Waals surface area contributed by atoms with Crippen molar-refractivity contribution in [2.75, 3.05) is 31.5 Å². The molecule has 9 heteroatoms. The Morgan fingerprint density at radius 1 is 1.06 bits per heavy atom. The number of hydrogen-bond donors (Lipinski definition) is 2. The van der Waals surface area contributed by atoms with E-state index in [9.17, 15) is 9.59 Å². The van der Waals surface area contributed by atoms with E-state index in [-0.39, 0.29) is 12.3 Å². The van der Waals surface area contributed by atoms with Crippen LogP contribution < -0.4 is 15.4 Å². The Hall–Kier alpha value is -3.85. The summed E-state index contributed by atoms with van der Waals surface area (Å²) >= 11 is 0. The number of nitrogens with one attached hydrogen (secondary N) is 2. The van der Waals surface area contributed by atoms with Crippen LogP contribution in [0.25, 0.3) is 11.3 Å². The Morgan fingerprint density at radius 2 is 1.88 bits per heavy atom. The summed E-state index contributed by atoms with van der Waals surface area (Å²) in [5, 5.41) is 5.95. The van der Waals surface area contributed by atoms with Gasteiger partial charge in [0.05, 0.1) is 18.3 Å². The number of hydrogen-bond acceptors (Lipinski definition) is 7. The molecule has 0 bridgehead atoms. The van der Waals surface area contributed by atoms with E-state index in [0.29, 0.717) is 24.7 Å². The molecule has 2 N–H and O–H groups in total. The molecule has 170 valence electrons. The van der Waals surface area contributed by atoms with E-state index >= 15 is 0 Å². The van der Waals surface area contributed by atoms with Crippen LogP contribution in [0.3, 0.4) is 0 Å². The van der Waals surface area contributed by atoms with Crippen LogP contribution in [0.15, 0.2) is 48.9 Å². The van der Waals surface area contributed by atoms with Gasteiger partial charge in [0.1, 0.15) is 5.82 Å².